The third-order valence-electron chi connectivity index (χ3n) is 7.30. The minimum absolute atomic E-state index is 0.00649. The zero-order chi connectivity index (χ0) is 25.1. The molecule has 0 radical (unpaired) electrons. The Morgan fingerprint density at radius 1 is 1.06 bits per heavy atom. The Bertz CT molecular complexity index is 1350. The second-order valence-electron chi connectivity index (χ2n) is 10.2. The smallest absolute Gasteiger partial charge is 0.221 e. The number of carbonyl (C=O) groups is 1. The molecule has 1 aromatic heterocycles. The number of aromatic nitrogens is 1. The molecule has 0 saturated carbocycles. The molecule has 0 aliphatic carbocycles. The van der Waals surface area contributed by atoms with E-state index in [1.807, 2.05) is 24.3 Å². The van der Waals surface area contributed by atoms with Crippen LogP contribution < -0.4 is 5.32 Å². The molecular formula is C31H33ClN2O2. The predicted molar refractivity (Wildman–Crippen MR) is 147 cm³/mol. The molecule has 2 atom stereocenters. The van der Waals surface area contributed by atoms with Crippen LogP contribution in [-0.2, 0) is 16.1 Å². The molecule has 2 heterocycles. The molecule has 0 bridgehead atoms. The second kappa shape index (κ2) is 10.5. The monoisotopic (exact) mass is 500 g/mol. The van der Waals surface area contributed by atoms with Crippen molar-refractivity contribution < 1.29 is 9.53 Å². The summed E-state index contributed by atoms with van der Waals surface area (Å²) in [4.78, 5) is 13.3. The molecular weight excluding hydrogens is 468 g/mol. The number of halogens is 1. The Morgan fingerprint density at radius 3 is 2.56 bits per heavy atom. The number of rotatable bonds is 8. The van der Waals surface area contributed by atoms with Crippen LogP contribution in [0.5, 0.6) is 0 Å². The number of nitrogens with zero attached hydrogens (tertiary/aromatic N) is 1. The van der Waals surface area contributed by atoms with Crippen LogP contribution in [0.15, 0.2) is 79.0 Å². The molecule has 1 aliphatic heterocycles. The third kappa shape index (κ3) is 5.35. The van der Waals surface area contributed by atoms with Gasteiger partial charge in [-0.1, -0.05) is 77.8 Å². The number of hydrogen-bond donors (Lipinski definition) is 1. The number of fused-ring (bicyclic) bond motifs is 1. The highest BCUT2D eigenvalue weighted by molar-refractivity contribution is 6.31. The van der Waals surface area contributed by atoms with Gasteiger partial charge in [0.15, 0.2) is 0 Å². The van der Waals surface area contributed by atoms with Crippen molar-refractivity contribution in [1.82, 2.24) is 9.88 Å². The van der Waals surface area contributed by atoms with Crippen LogP contribution in [0.4, 0.5) is 0 Å². The highest BCUT2D eigenvalue weighted by Gasteiger charge is 2.31. The number of carbonyl (C=O) groups excluding carboxylic acids is 1. The van der Waals surface area contributed by atoms with Gasteiger partial charge in [0.2, 0.25) is 5.91 Å². The molecule has 3 aromatic carbocycles. The summed E-state index contributed by atoms with van der Waals surface area (Å²) in [5.41, 5.74) is 5.44. The lowest BCUT2D eigenvalue weighted by atomic mass is 9.88. The van der Waals surface area contributed by atoms with E-state index < -0.39 is 0 Å². The maximum absolute atomic E-state index is 13.3. The van der Waals surface area contributed by atoms with Crippen LogP contribution in [-0.4, -0.2) is 29.2 Å². The summed E-state index contributed by atoms with van der Waals surface area (Å²) >= 11 is 6.70. The van der Waals surface area contributed by atoms with Crippen LogP contribution in [0.1, 0.15) is 54.4 Å². The van der Waals surface area contributed by atoms with Crippen LogP contribution in [0.25, 0.3) is 10.9 Å². The van der Waals surface area contributed by atoms with Gasteiger partial charge < -0.3 is 14.6 Å². The number of amides is 1. The lowest BCUT2D eigenvalue weighted by molar-refractivity contribution is -0.122. The van der Waals surface area contributed by atoms with Crippen LogP contribution in [0.3, 0.4) is 0 Å². The first-order valence-electron chi connectivity index (χ1n) is 12.7. The largest absolute Gasteiger partial charge is 0.373 e. The van der Waals surface area contributed by atoms with Gasteiger partial charge in [-0.15, -0.1) is 0 Å². The maximum atomic E-state index is 13.3. The first-order chi connectivity index (χ1) is 17.4. The van der Waals surface area contributed by atoms with Gasteiger partial charge in [-0.05, 0) is 55.5 Å². The molecule has 4 nitrogen and oxygen atoms in total. The van der Waals surface area contributed by atoms with Crippen molar-refractivity contribution in [3.05, 3.63) is 106 Å². The minimum Gasteiger partial charge on any atom is -0.373 e. The van der Waals surface area contributed by atoms with Gasteiger partial charge in [0.1, 0.15) is 0 Å². The Balaban J connectivity index is 1.49. The fourth-order valence-electron chi connectivity index (χ4n) is 5.24. The van der Waals surface area contributed by atoms with E-state index in [1.54, 1.807) is 0 Å². The first-order valence-corrected chi connectivity index (χ1v) is 13.1. The van der Waals surface area contributed by atoms with E-state index in [2.05, 4.69) is 78.5 Å². The molecule has 186 valence electrons. The SMILES string of the molecule is Cc1ccc(Cn2cc([C@H](CC(=O)NC[C@]3(C)CCCO3)c3ccccc3Cl)c3ccccc32)cc1. The average molecular weight is 501 g/mol. The molecule has 1 aliphatic rings. The van der Waals surface area contributed by atoms with Gasteiger partial charge in [0.25, 0.3) is 0 Å². The molecule has 0 unspecified atom stereocenters. The van der Waals surface area contributed by atoms with Crippen molar-refractivity contribution >= 4 is 28.4 Å². The number of benzene rings is 3. The molecule has 5 rings (SSSR count). The number of para-hydroxylation sites is 1. The van der Waals surface area contributed by atoms with Gasteiger partial charge in [0.05, 0.1) is 5.60 Å². The summed E-state index contributed by atoms with van der Waals surface area (Å²) in [5.74, 6) is -0.160. The summed E-state index contributed by atoms with van der Waals surface area (Å²) in [6, 6.07) is 24.9. The van der Waals surface area contributed by atoms with Gasteiger partial charge in [0, 0.05) is 54.2 Å². The topological polar surface area (TPSA) is 43.3 Å². The minimum atomic E-state index is -0.278. The fraction of sp³-hybridized carbons (Fsp3) is 0.323. The molecule has 5 heteroatoms. The van der Waals surface area contributed by atoms with Gasteiger partial charge >= 0.3 is 0 Å². The molecule has 1 N–H and O–H groups in total. The zero-order valence-corrected chi connectivity index (χ0v) is 21.7. The summed E-state index contributed by atoms with van der Waals surface area (Å²) < 4.78 is 8.15. The first kappa shape index (κ1) is 24.6. The Labute approximate surface area is 218 Å². The van der Waals surface area contributed by atoms with Crippen LogP contribution >= 0.6 is 11.6 Å². The van der Waals surface area contributed by atoms with Gasteiger partial charge in [-0.3, -0.25) is 4.79 Å². The molecule has 1 saturated heterocycles. The van der Waals surface area contributed by atoms with E-state index in [0.717, 1.165) is 48.0 Å². The number of ether oxygens (including phenoxy) is 1. The van der Waals surface area contributed by atoms with Crippen LogP contribution in [0.2, 0.25) is 5.02 Å². The van der Waals surface area contributed by atoms with Crippen molar-refractivity contribution in [3.63, 3.8) is 0 Å². The average Bonchev–Trinajstić information content (AvgIpc) is 3.48. The normalized spacial score (nSPS) is 18.4. The van der Waals surface area contributed by atoms with E-state index in [-0.39, 0.29) is 17.4 Å². The summed E-state index contributed by atoms with van der Waals surface area (Å²) in [7, 11) is 0. The predicted octanol–water partition coefficient (Wildman–Crippen LogP) is 6.86. The van der Waals surface area contributed by atoms with Gasteiger partial charge in [-0.25, -0.2) is 0 Å². The highest BCUT2D eigenvalue weighted by atomic mass is 35.5. The Hall–Kier alpha value is -3.08. The molecule has 1 amide bonds. The molecule has 4 aromatic rings. The summed E-state index contributed by atoms with van der Waals surface area (Å²) in [6.45, 7) is 6.22. The van der Waals surface area contributed by atoms with E-state index in [1.165, 1.54) is 11.1 Å². The van der Waals surface area contributed by atoms with E-state index in [9.17, 15) is 4.79 Å². The molecule has 1 fully saturated rings. The Morgan fingerprint density at radius 2 is 1.81 bits per heavy atom. The van der Waals surface area contributed by atoms with Crippen molar-refractivity contribution in [3.8, 4) is 0 Å². The molecule has 0 spiro atoms. The standard InChI is InChI=1S/C31H33ClN2O2/c1-22-12-14-23(15-13-22)19-34-20-27(25-9-4-6-11-29(25)34)26(24-8-3-5-10-28(24)32)18-30(35)33-21-31(2)16-7-17-36-31/h3-6,8-15,20,26H,7,16-19,21H2,1-2H3,(H,33,35)/t26-,31+/m1/s1. The van der Waals surface area contributed by atoms with Gasteiger partial charge in [-0.2, -0.15) is 0 Å². The maximum Gasteiger partial charge on any atom is 0.221 e. The summed E-state index contributed by atoms with van der Waals surface area (Å²) in [5, 5.41) is 4.96. The third-order valence-corrected chi connectivity index (χ3v) is 7.64. The zero-order valence-electron chi connectivity index (χ0n) is 21.0. The number of nitrogens with one attached hydrogen (secondary N) is 1. The lowest BCUT2D eigenvalue weighted by Crippen LogP contribution is -2.40. The fourth-order valence-corrected chi connectivity index (χ4v) is 5.51. The number of hydrogen-bond acceptors (Lipinski definition) is 2. The van der Waals surface area contributed by atoms with Crippen molar-refractivity contribution in [2.45, 2.75) is 51.2 Å². The van der Waals surface area contributed by atoms with Crippen LogP contribution in [0, 0.1) is 6.92 Å². The Kier molecular flexibility index (Phi) is 7.17. The molecule has 36 heavy (non-hydrogen) atoms. The van der Waals surface area contributed by atoms with Crippen molar-refractivity contribution in [1.29, 1.82) is 0 Å². The quantitative estimate of drug-likeness (QED) is 0.287. The van der Waals surface area contributed by atoms with E-state index >= 15 is 0 Å². The van der Waals surface area contributed by atoms with E-state index in [4.69, 9.17) is 16.3 Å². The van der Waals surface area contributed by atoms with Crippen molar-refractivity contribution in [2.24, 2.45) is 0 Å². The van der Waals surface area contributed by atoms with E-state index in [0.29, 0.717) is 18.0 Å². The highest BCUT2D eigenvalue weighted by Crippen LogP contribution is 2.38. The summed E-state index contributed by atoms with van der Waals surface area (Å²) in [6.07, 6.45) is 4.52. The van der Waals surface area contributed by atoms with Crippen molar-refractivity contribution in [2.75, 3.05) is 13.2 Å². The second-order valence-corrected chi connectivity index (χ2v) is 10.6. The number of aryl methyl sites for hydroxylation is 1. The lowest BCUT2D eigenvalue weighted by Gasteiger charge is -2.24.